The molecule has 2 aromatic heterocycles. The maximum absolute atomic E-state index is 11.4. The number of nitrogens with zero attached hydrogens (tertiary/aromatic N) is 4. The third-order valence-electron chi connectivity index (χ3n) is 2.03. The van der Waals surface area contributed by atoms with Crippen molar-refractivity contribution < 1.29 is 23.5 Å². The Morgan fingerprint density at radius 3 is 2.89 bits per heavy atom. The molecule has 2 heterocycles. The number of esters is 2. The maximum atomic E-state index is 11.4. The molecule has 2 aromatic rings. The van der Waals surface area contributed by atoms with Gasteiger partial charge in [0.25, 0.3) is 5.82 Å². The molecule has 0 fully saturated rings. The van der Waals surface area contributed by atoms with E-state index in [1.165, 1.54) is 13.4 Å². The van der Waals surface area contributed by atoms with E-state index in [4.69, 9.17) is 9.15 Å². The summed E-state index contributed by atoms with van der Waals surface area (Å²) < 4.78 is 15.4. The summed E-state index contributed by atoms with van der Waals surface area (Å²) in [5.74, 6) is -1.43. The average molecular weight is 266 g/mol. The zero-order chi connectivity index (χ0) is 13.8. The number of methoxy groups -OCH3 is 1. The summed E-state index contributed by atoms with van der Waals surface area (Å²) in [4.78, 5) is 30.1. The van der Waals surface area contributed by atoms with Crippen LogP contribution >= 0.6 is 0 Å². The second-order valence-electron chi connectivity index (χ2n) is 3.24. The first kappa shape index (κ1) is 12.7. The van der Waals surface area contributed by atoms with E-state index < -0.39 is 11.9 Å². The molecular weight excluding hydrogens is 256 g/mol. The second-order valence-corrected chi connectivity index (χ2v) is 3.24. The van der Waals surface area contributed by atoms with Gasteiger partial charge < -0.3 is 13.9 Å². The lowest BCUT2D eigenvalue weighted by Crippen LogP contribution is -2.07. The van der Waals surface area contributed by atoms with Crippen LogP contribution in [0.2, 0.25) is 0 Å². The van der Waals surface area contributed by atoms with Crippen LogP contribution in [0.1, 0.15) is 28.0 Å². The highest BCUT2D eigenvalue weighted by Gasteiger charge is 2.17. The van der Waals surface area contributed by atoms with Crippen molar-refractivity contribution in [2.24, 2.45) is 0 Å². The third-order valence-corrected chi connectivity index (χ3v) is 2.03. The fourth-order valence-electron chi connectivity index (χ4n) is 1.21. The monoisotopic (exact) mass is 266 g/mol. The Balaban J connectivity index is 2.21. The molecule has 0 saturated heterocycles. The van der Waals surface area contributed by atoms with Crippen molar-refractivity contribution in [1.82, 2.24) is 19.7 Å². The minimum absolute atomic E-state index is 0.00645. The SMILES string of the molecule is CCOC(=O)c1coc(-n2cnc(C(=O)OC)n2)n1. The minimum atomic E-state index is -0.684. The van der Waals surface area contributed by atoms with Crippen LogP contribution in [0.25, 0.3) is 6.01 Å². The molecule has 0 bridgehead atoms. The van der Waals surface area contributed by atoms with Crippen LogP contribution in [0.4, 0.5) is 0 Å². The molecule has 0 aromatic carbocycles. The van der Waals surface area contributed by atoms with E-state index in [0.717, 1.165) is 10.9 Å². The number of hydrogen-bond donors (Lipinski definition) is 0. The van der Waals surface area contributed by atoms with Crippen molar-refractivity contribution in [2.45, 2.75) is 6.92 Å². The summed E-state index contributed by atoms with van der Waals surface area (Å²) in [5.41, 5.74) is 0.00645. The van der Waals surface area contributed by atoms with Crippen LogP contribution in [-0.2, 0) is 9.47 Å². The molecular formula is C10H10N4O5. The standard InChI is InChI=1S/C10H10N4O5/c1-3-18-8(15)6-4-19-10(12-6)14-5-11-7(13-14)9(16)17-2/h4-5H,3H2,1-2H3. The highest BCUT2D eigenvalue weighted by molar-refractivity contribution is 5.87. The van der Waals surface area contributed by atoms with Crippen molar-refractivity contribution in [3.63, 3.8) is 0 Å². The van der Waals surface area contributed by atoms with Crippen LogP contribution < -0.4 is 0 Å². The van der Waals surface area contributed by atoms with E-state index >= 15 is 0 Å². The summed E-state index contributed by atoms with van der Waals surface area (Å²) >= 11 is 0. The van der Waals surface area contributed by atoms with E-state index in [1.54, 1.807) is 6.92 Å². The van der Waals surface area contributed by atoms with Gasteiger partial charge in [-0.05, 0) is 6.92 Å². The normalized spacial score (nSPS) is 10.2. The predicted octanol–water partition coefficient (Wildman–Crippen LogP) is 0.219. The van der Waals surface area contributed by atoms with E-state index in [0.29, 0.717) is 0 Å². The Morgan fingerprint density at radius 2 is 2.21 bits per heavy atom. The molecule has 0 spiro atoms. The van der Waals surface area contributed by atoms with E-state index in [9.17, 15) is 9.59 Å². The van der Waals surface area contributed by atoms with Gasteiger partial charge in [-0.15, -0.1) is 5.10 Å². The number of carbonyl (C=O) groups excluding carboxylic acids is 2. The Morgan fingerprint density at radius 1 is 1.42 bits per heavy atom. The summed E-state index contributed by atoms with van der Waals surface area (Å²) in [6.45, 7) is 1.91. The average Bonchev–Trinajstić information content (AvgIpc) is 3.06. The molecule has 0 atom stereocenters. The van der Waals surface area contributed by atoms with Gasteiger partial charge in [-0.1, -0.05) is 0 Å². The van der Waals surface area contributed by atoms with Gasteiger partial charge in [-0.25, -0.2) is 14.6 Å². The Hall–Kier alpha value is -2.71. The number of carbonyl (C=O) groups is 2. The van der Waals surface area contributed by atoms with E-state index in [-0.39, 0.29) is 24.1 Å². The minimum Gasteiger partial charge on any atom is -0.463 e. The lowest BCUT2D eigenvalue weighted by Gasteiger charge is -1.95. The van der Waals surface area contributed by atoms with Gasteiger partial charge in [0.2, 0.25) is 0 Å². The number of hydrogen-bond acceptors (Lipinski definition) is 8. The van der Waals surface area contributed by atoms with Crippen LogP contribution in [0.15, 0.2) is 17.0 Å². The highest BCUT2D eigenvalue weighted by Crippen LogP contribution is 2.08. The van der Waals surface area contributed by atoms with Gasteiger partial charge in [0.15, 0.2) is 5.69 Å². The topological polar surface area (TPSA) is 109 Å². The summed E-state index contributed by atoms with van der Waals surface area (Å²) in [6, 6.07) is -0.00861. The number of aromatic nitrogens is 4. The lowest BCUT2D eigenvalue weighted by molar-refractivity contribution is 0.0518. The largest absolute Gasteiger partial charge is 0.463 e. The van der Waals surface area contributed by atoms with Crippen molar-refractivity contribution in [2.75, 3.05) is 13.7 Å². The van der Waals surface area contributed by atoms with Crippen molar-refractivity contribution in [3.05, 3.63) is 24.1 Å². The molecule has 9 nitrogen and oxygen atoms in total. The van der Waals surface area contributed by atoms with Crippen LogP contribution in [0.5, 0.6) is 0 Å². The molecule has 0 aliphatic carbocycles. The number of rotatable bonds is 4. The van der Waals surface area contributed by atoms with Gasteiger partial charge >= 0.3 is 18.0 Å². The molecule has 0 radical (unpaired) electrons. The smallest absolute Gasteiger partial charge is 0.377 e. The molecule has 100 valence electrons. The molecule has 0 N–H and O–H groups in total. The summed E-state index contributed by atoms with van der Waals surface area (Å²) in [6.07, 6.45) is 2.35. The predicted molar refractivity (Wildman–Crippen MR) is 58.7 cm³/mol. The first-order valence-electron chi connectivity index (χ1n) is 5.28. The van der Waals surface area contributed by atoms with Gasteiger partial charge in [-0.3, -0.25) is 0 Å². The third kappa shape index (κ3) is 2.59. The first-order chi connectivity index (χ1) is 9.15. The molecule has 0 unspecified atom stereocenters. The summed E-state index contributed by atoms with van der Waals surface area (Å²) in [5, 5.41) is 3.79. The molecule has 2 rings (SSSR count). The van der Waals surface area contributed by atoms with Gasteiger partial charge in [0, 0.05) is 0 Å². The van der Waals surface area contributed by atoms with Crippen molar-refractivity contribution in [1.29, 1.82) is 0 Å². The first-order valence-corrected chi connectivity index (χ1v) is 5.28. The Bertz CT molecular complexity index is 603. The zero-order valence-corrected chi connectivity index (χ0v) is 10.2. The maximum Gasteiger partial charge on any atom is 0.377 e. The van der Waals surface area contributed by atoms with Gasteiger partial charge in [-0.2, -0.15) is 9.67 Å². The van der Waals surface area contributed by atoms with E-state index in [1.807, 2.05) is 0 Å². The molecule has 19 heavy (non-hydrogen) atoms. The number of oxazole rings is 1. The Kier molecular flexibility index (Phi) is 3.55. The molecule has 0 aliphatic heterocycles. The van der Waals surface area contributed by atoms with E-state index in [2.05, 4.69) is 19.8 Å². The molecule has 0 aliphatic rings. The Labute approximate surface area is 107 Å². The second kappa shape index (κ2) is 5.29. The quantitative estimate of drug-likeness (QED) is 0.723. The fourth-order valence-corrected chi connectivity index (χ4v) is 1.21. The van der Waals surface area contributed by atoms with Gasteiger partial charge in [0.1, 0.15) is 12.6 Å². The molecule has 9 heteroatoms. The van der Waals surface area contributed by atoms with Crippen LogP contribution in [0, 0.1) is 0 Å². The van der Waals surface area contributed by atoms with Crippen LogP contribution in [0.3, 0.4) is 0 Å². The van der Waals surface area contributed by atoms with Crippen molar-refractivity contribution >= 4 is 11.9 Å². The van der Waals surface area contributed by atoms with Crippen molar-refractivity contribution in [3.8, 4) is 6.01 Å². The highest BCUT2D eigenvalue weighted by atomic mass is 16.5. The summed E-state index contributed by atoms with van der Waals surface area (Å²) in [7, 11) is 1.22. The number of ether oxygens (including phenoxy) is 2. The zero-order valence-electron chi connectivity index (χ0n) is 10.2. The lowest BCUT2D eigenvalue weighted by atomic mass is 10.5. The van der Waals surface area contributed by atoms with Crippen LogP contribution in [-0.4, -0.2) is 45.4 Å². The van der Waals surface area contributed by atoms with Gasteiger partial charge in [0.05, 0.1) is 13.7 Å². The fraction of sp³-hybridized carbons (Fsp3) is 0.300. The molecule has 0 amide bonds. The molecule has 0 saturated carbocycles.